The Hall–Kier alpha value is -2.43. The molecule has 2 aromatic rings. The minimum Gasteiger partial charge on any atom is -0.371 e. The van der Waals surface area contributed by atoms with Crippen LogP contribution in [-0.2, 0) is 34.0 Å². The van der Waals surface area contributed by atoms with E-state index in [1.165, 1.54) is 0 Å². The lowest BCUT2D eigenvalue weighted by Gasteiger charge is -2.42. The van der Waals surface area contributed by atoms with Gasteiger partial charge in [-0.2, -0.15) is 26.3 Å². The van der Waals surface area contributed by atoms with Crippen LogP contribution in [0, 0.1) is 5.92 Å². The summed E-state index contributed by atoms with van der Waals surface area (Å²) in [4.78, 5) is 14.2. The third kappa shape index (κ3) is 5.62. The maximum Gasteiger partial charge on any atom is 0.416 e. The van der Waals surface area contributed by atoms with Gasteiger partial charge in [-0.15, -0.1) is 0 Å². The van der Waals surface area contributed by atoms with Gasteiger partial charge in [-0.3, -0.25) is 9.69 Å². The molecular formula is C28H30F6N2O2. The number of hydrogen-bond donors (Lipinski definition) is 1. The number of Topliss-reactive ketones (excluding diaryl/α,β-unsaturated/α-hetero) is 1. The number of carbonyl (C=O) groups excluding carboxylic acids is 1. The number of alkyl halides is 6. The molecule has 2 aromatic carbocycles. The fourth-order valence-corrected chi connectivity index (χ4v) is 6.41. The van der Waals surface area contributed by atoms with Crippen LogP contribution < -0.4 is 5.32 Å². The summed E-state index contributed by atoms with van der Waals surface area (Å²) in [7, 11) is 0. The maximum absolute atomic E-state index is 13.4. The van der Waals surface area contributed by atoms with Gasteiger partial charge in [0.15, 0.2) is 0 Å². The molecule has 3 fully saturated rings. The lowest BCUT2D eigenvalue weighted by molar-refractivity contribution is -0.143. The summed E-state index contributed by atoms with van der Waals surface area (Å²) in [5.41, 5.74) is -2.50. The number of ether oxygens (including phenoxy) is 1. The Balaban J connectivity index is 1.39. The van der Waals surface area contributed by atoms with Gasteiger partial charge in [-0.05, 0) is 67.5 Å². The van der Waals surface area contributed by atoms with E-state index < -0.39 is 35.1 Å². The van der Waals surface area contributed by atoms with Crippen molar-refractivity contribution in [2.75, 3.05) is 19.6 Å². The third-order valence-electron chi connectivity index (χ3n) is 8.10. The highest BCUT2D eigenvalue weighted by Crippen LogP contribution is 2.48. The normalized spacial score (nSPS) is 28.6. The predicted molar refractivity (Wildman–Crippen MR) is 128 cm³/mol. The van der Waals surface area contributed by atoms with Crippen molar-refractivity contribution >= 4 is 5.78 Å². The van der Waals surface area contributed by atoms with E-state index in [1.54, 1.807) is 0 Å². The third-order valence-corrected chi connectivity index (χ3v) is 8.10. The Morgan fingerprint density at radius 2 is 1.66 bits per heavy atom. The van der Waals surface area contributed by atoms with Gasteiger partial charge in [0.25, 0.3) is 0 Å². The van der Waals surface area contributed by atoms with E-state index in [0.29, 0.717) is 25.8 Å². The first-order valence-corrected chi connectivity index (χ1v) is 12.9. The van der Waals surface area contributed by atoms with Gasteiger partial charge in [0.05, 0.1) is 35.9 Å². The van der Waals surface area contributed by atoms with Crippen LogP contribution in [0.5, 0.6) is 0 Å². The Kier molecular flexibility index (Phi) is 7.34. The summed E-state index contributed by atoms with van der Waals surface area (Å²) < 4.78 is 86.3. The quantitative estimate of drug-likeness (QED) is 0.461. The SMILES string of the molecule is O=C1CCCN(C[C@H]2C[C@]3(c4ccccc4)N[C@H]2CC[C@H]3OCc2cc(C(F)(F)F)cc(C(F)(F)F)c2)C1. The number of nitrogens with one attached hydrogen (secondary N) is 1. The topological polar surface area (TPSA) is 41.6 Å². The maximum atomic E-state index is 13.4. The smallest absolute Gasteiger partial charge is 0.371 e. The fourth-order valence-electron chi connectivity index (χ4n) is 6.41. The zero-order chi connectivity index (χ0) is 27.1. The van der Waals surface area contributed by atoms with Gasteiger partial charge < -0.3 is 10.1 Å². The number of halogens is 6. The fraction of sp³-hybridized carbons (Fsp3) is 0.536. The minimum atomic E-state index is -4.91. The first-order valence-electron chi connectivity index (χ1n) is 12.9. The van der Waals surface area contributed by atoms with Crippen molar-refractivity contribution in [3.05, 3.63) is 70.8 Å². The number of ketones is 1. The lowest BCUT2D eigenvalue weighted by atomic mass is 9.80. The highest BCUT2D eigenvalue weighted by Gasteiger charge is 2.54. The number of carbonyl (C=O) groups is 1. The molecule has 3 aliphatic rings. The molecule has 0 aliphatic carbocycles. The van der Waals surface area contributed by atoms with E-state index in [1.807, 2.05) is 30.3 Å². The van der Waals surface area contributed by atoms with E-state index in [4.69, 9.17) is 4.74 Å². The number of fused-ring (bicyclic) bond motifs is 2. The second kappa shape index (κ2) is 10.3. The van der Waals surface area contributed by atoms with Gasteiger partial charge in [0, 0.05) is 19.0 Å². The number of hydrogen-bond acceptors (Lipinski definition) is 4. The largest absolute Gasteiger partial charge is 0.416 e. The van der Waals surface area contributed by atoms with Crippen molar-refractivity contribution in [1.29, 1.82) is 0 Å². The van der Waals surface area contributed by atoms with E-state index in [-0.39, 0.29) is 36.0 Å². The molecule has 4 atom stereocenters. The van der Waals surface area contributed by atoms with Crippen LogP contribution in [0.3, 0.4) is 0 Å². The van der Waals surface area contributed by atoms with Crippen molar-refractivity contribution < 1.29 is 35.9 Å². The van der Waals surface area contributed by atoms with E-state index >= 15 is 0 Å². The molecule has 4 nitrogen and oxygen atoms in total. The number of nitrogens with zero attached hydrogens (tertiary/aromatic N) is 1. The second-order valence-electron chi connectivity index (χ2n) is 10.7. The summed E-state index contributed by atoms with van der Waals surface area (Å²) in [5.74, 6) is 0.476. The summed E-state index contributed by atoms with van der Waals surface area (Å²) >= 11 is 0. The van der Waals surface area contributed by atoms with Gasteiger partial charge >= 0.3 is 12.4 Å². The molecule has 0 aromatic heterocycles. The van der Waals surface area contributed by atoms with Gasteiger partial charge in [0.1, 0.15) is 5.78 Å². The van der Waals surface area contributed by atoms with E-state index in [2.05, 4.69) is 10.2 Å². The summed E-state index contributed by atoms with van der Waals surface area (Å²) in [6.45, 7) is 1.69. The summed E-state index contributed by atoms with van der Waals surface area (Å²) in [6.07, 6.45) is -6.72. The van der Waals surface area contributed by atoms with Gasteiger partial charge in [-0.25, -0.2) is 0 Å². The number of rotatable bonds is 6. The first-order chi connectivity index (χ1) is 17.9. The highest BCUT2D eigenvalue weighted by molar-refractivity contribution is 5.81. The van der Waals surface area contributed by atoms with Crippen LogP contribution in [-0.4, -0.2) is 42.5 Å². The van der Waals surface area contributed by atoms with Crippen molar-refractivity contribution in [1.82, 2.24) is 10.2 Å². The van der Waals surface area contributed by atoms with Crippen LogP contribution >= 0.6 is 0 Å². The lowest BCUT2D eigenvalue weighted by Crippen LogP contribution is -2.54. The molecule has 3 aliphatic heterocycles. The standard InChI is InChI=1S/C28H30F6N2O2/c29-27(30,31)21-11-18(12-22(13-21)28(32,33)34)17-38-25-9-8-24-19(15-36-10-4-7-23(37)16-36)14-26(25,35-24)20-5-2-1-3-6-20/h1-3,5-6,11-13,19,24-25,35H,4,7-10,14-17H2/t19-,24+,25-,26-/m1/s1. The molecule has 1 N–H and O–H groups in total. The molecule has 0 unspecified atom stereocenters. The monoisotopic (exact) mass is 540 g/mol. The number of benzene rings is 2. The molecule has 0 saturated carbocycles. The summed E-state index contributed by atoms with van der Waals surface area (Å²) in [5, 5.41) is 3.73. The van der Waals surface area contributed by atoms with Crippen LogP contribution in [0.15, 0.2) is 48.5 Å². The molecule has 38 heavy (non-hydrogen) atoms. The van der Waals surface area contributed by atoms with E-state index in [9.17, 15) is 31.1 Å². The molecule has 2 bridgehead atoms. The van der Waals surface area contributed by atoms with Crippen molar-refractivity contribution in [2.24, 2.45) is 5.92 Å². The summed E-state index contributed by atoms with van der Waals surface area (Å²) in [6, 6.07) is 11.4. The number of piperidine rings is 2. The van der Waals surface area contributed by atoms with Crippen LogP contribution in [0.1, 0.15) is 54.4 Å². The Morgan fingerprint density at radius 3 is 2.29 bits per heavy atom. The zero-order valence-electron chi connectivity index (χ0n) is 20.7. The Morgan fingerprint density at radius 1 is 0.974 bits per heavy atom. The molecule has 10 heteroatoms. The van der Waals surface area contributed by atoms with Gasteiger partial charge in [0.2, 0.25) is 0 Å². The van der Waals surface area contributed by atoms with Crippen LogP contribution in [0.25, 0.3) is 0 Å². The molecule has 206 valence electrons. The van der Waals surface area contributed by atoms with Crippen LogP contribution in [0.2, 0.25) is 0 Å². The predicted octanol–water partition coefficient (Wildman–Crippen LogP) is 5.94. The molecule has 5 rings (SSSR count). The Bertz CT molecular complexity index is 1120. The molecule has 0 amide bonds. The minimum absolute atomic E-state index is 0.134. The molecular weight excluding hydrogens is 510 g/mol. The highest BCUT2D eigenvalue weighted by atomic mass is 19.4. The molecule has 0 spiro atoms. The first kappa shape index (κ1) is 27.1. The second-order valence-corrected chi connectivity index (χ2v) is 10.7. The Labute approximate surface area is 217 Å². The molecule has 0 radical (unpaired) electrons. The zero-order valence-corrected chi connectivity index (χ0v) is 20.7. The molecule has 3 saturated heterocycles. The van der Waals surface area contributed by atoms with Gasteiger partial charge in [-0.1, -0.05) is 30.3 Å². The average molecular weight is 541 g/mol. The van der Waals surface area contributed by atoms with Crippen molar-refractivity contribution in [3.8, 4) is 0 Å². The molecule has 3 heterocycles. The van der Waals surface area contributed by atoms with Crippen LogP contribution in [0.4, 0.5) is 26.3 Å². The van der Waals surface area contributed by atoms with Crippen molar-refractivity contribution in [3.63, 3.8) is 0 Å². The van der Waals surface area contributed by atoms with Crippen molar-refractivity contribution in [2.45, 2.75) is 68.7 Å². The average Bonchev–Trinajstić information content (AvgIpc) is 3.15. The van der Waals surface area contributed by atoms with E-state index in [0.717, 1.165) is 43.6 Å². The number of likely N-dealkylation sites (tertiary alicyclic amines) is 1.